The zero-order chi connectivity index (χ0) is 14.1. The average molecular weight is 345 g/mol. The average Bonchev–Trinajstić information content (AvgIpc) is 2.38. The van der Waals surface area contributed by atoms with Crippen LogP contribution in [0.3, 0.4) is 0 Å². The summed E-state index contributed by atoms with van der Waals surface area (Å²) < 4.78 is 6.37. The smallest absolute Gasteiger partial charge is 0.168 e. The first kappa shape index (κ1) is 16.4. The molecule has 0 atom stereocenters. The van der Waals surface area contributed by atoms with Crippen molar-refractivity contribution in [1.82, 2.24) is 10.2 Å². The Morgan fingerprint density at radius 1 is 1.47 bits per heavy atom. The molecule has 0 unspecified atom stereocenters. The van der Waals surface area contributed by atoms with Crippen LogP contribution < -0.4 is 5.32 Å². The van der Waals surface area contributed by atoms with Gasteiger partial charge in [-0.2, -0.15) is 0 Å². The van der Waals surface area contributed by atoms with Crippen LogP contribution in [0.25, 0.3) is 0 Å². The normalized spacial score (nSPS) is 10.3. The number of hydrogen-bond acceptors (Lipinski definition) is 2. The molecular weight excluding hydrogens is 324 g/mol. The highest BCUT2D eigenvalue weighted by Gasteiger charge is 2.04. The summed E-state index contributed by atoms with van der Waals surface area (Å²) in [6.07, 6.45) is 0.971. The van der Waals surface area contributed by atoms with Gasteiger partial charge in [0, 0.05) is 37.8 Å². The summed E-state index contributed by atoms with van der Waals surface area (Å²) in [5, 5.41) is 4.02. The van der Waals surface area contributed by atoms with Crippen LogP contribution in [0.5, 0.6) is 0 Å². The third-order valence-electron chi connectivity index (χ3n) is 2.60. The molecule has 19 heavy (non-hydrogen) atoms. The first-order chi connectivity index (χ1) is 9.13. The van der Waals surface area contributed by atoms with E-state index in [0.29, 0.717) is 0 Å². The lowest BCUT2D eigenvalue weighted by molar-refractivity contribution is 0.145. The summed E-state index contributed by atoms with van der Waals surface area (Å²) in [4.78, 5) is 2.04. The van der Waals surface area contributed by atoms with E-state index in [1.807, 2.05) is 31.0 Å². The second-order valence-electron chi connectivity index (χ2n) is 4.27. The highest BCUT2D eigenvalue weighted by Crippen LogP contribution is 2.12. The third-order valence-corrected chi connectivity index (χ3v) is 3.55. The zero-order valence-corrected chi connectivity index (χ0v) is 13.9. The Kier molecular flexibility index (Phi) is 8.02. The van der Waals surface area contributed by atoms with Crippen molar-refractivity contribution in [2.24, 2.45) is 0 Å². The topological polar surface area (TPSA) is 24.5 Å². The second-order valence-corrected chi connectivity index (χ2v) is 5.57. The van der Waals surface area contributed by atoms with Gasteiger partial charge in [0.1, 0.15) is 0 Å². The van der Waals surface area contributed by atoms with Gasteiger partial charge in [0.05, 0.1) is 0 Å². The van der Waals surface area contributed by atoms with E-state index >= 15 is 0 Å². The van der Waals surface area contributed by atoms with E-state index in [-0.39, 0.29) is 0 Å². The molecule has 106 valence electrons. The Morgan fingerprint density at radius 3 is 2.95 bits per heavy atom. The van der Waals surface area contributed by atoms with E-state index in [9.17, 15) is 0 Å². The molecule has 1 aromatic rings. The molecule has 0 aliphatic rings. The maximum atomic E-state index is 5.35. The molecule has 0 aliphatic heterocycles. The fourth-order valence-corrected chi connectivity index (χ4v) is 2.24. The van der Waals surface area contributed by atoms with E-state index in [4.69, 9.17) is 17.0 Å². The van der Waals surface area contributed by atoms with Crippen LogP contribution in [0.2, 0.25) is 0 Å². The number of thiocarbonyl (C=S) groups is 1. The minimum Gasteiger partial charge on any atom is -0.382 e. The summed E-state index contributed by atoms with van der Waals surface area (Å²) >= 11 is 8.82. The Hall–Kier alpha value is -0.650. The molecule has 0 saturated heterocycles. The van der Waals surface area contributed by atoms with E-state index < -0.39 is 0 Å². The molecule has 0 radical (unpaired) electrons. The number of nitrogens with one attached hydrogen (secondary N) is 1. The standard InChI is InChI=1S/C14H21BrN2OS/c1-3-18-9-5-8-16-14(19)17(2)11-12-6-4-7-13(15)10-12/h4,6-7,10H,3,5,8-9,11H2,1-2H3,(H,16,19). The Balaban J connectivity index is 2.28. The van der Waals surface area contributed by atoms with Crippen LogP contribution in [0.1, 0.15) is 18.9 Å². The molecule has 0 aliphatic carbocycles. The van der Waals surface area contributed by atoms with Crippen LogP contribution in [0, 0.1) is 0 Å². The minimum atomic E-state index is 0.771. The van der Waals surface area contributed by atoms with Crippen LogP contribution in [0.4, 0.5) is 0 Å². The first-order valence-electron chi connectivity index (χ1n) is 6.44. The predicted molar refractivity (Wildman–Crippen MR) is 87.3 cm³/mol. The Labute approximate surface area is 129 Å². The van der Waals surface area contributed by atoms with Crippen LogP contribution >= 0.6 is 28.1 Å². The number of rotatable bonds is 7. The minimum absolute atomic E-state index is 0.771. The largest absolute Gasteiger partial charge is 0.382 e. The molecule has 1 N–H and O–H groups in total. The quantitative estimate of drug-likeness (QED) is 0.606. The lowest BCUT2D eigenvalue weighted by Crippen LogP contribution is -2.37. The Bertz CT molecular complexity index is 401. The van der Waals surface area contributed by atoms with Crippen molar-refractivity contribution >= 4 is 33.3 Å². The maximum absolute atomic E-state index is 5.35. The first-order valence-corrected chi connectivity index (χ1v) is 7.64. The lowest BCUT2D eigenvalue weighted by Gasteiger charge is -2.21. The third kappa shape index (κ3) is 6.89. The van der Waals surface area contributed by atoms with Gasteiger partial charge in [0.25, 0.3) is 0 Å². The molecule has 3 nitrogen and oxygen atoms in total. The van der Waals surface area contributed by atoms with Crippen molar-refractivity contribution in [2.45, 2.75) is 19.9 Å². The highest BCUT2D eigenvalue weighted by atomic mass is 79.9. The number of hydrogen-bond donors (Lipinski definition) is 1. The summed E-state index contributed by atoms with van der Waals surface area (Å²) in [7, 11) is 2.00. The summed E-state index contributed by atoms with van der Waals surface area (Å²) in [5.41, 5.74) is 1.23. The SMILES string of the molecule is CCOCCCNC(=S)N(C)Cc1cccc(Br)c1. The van der Waals surface area contributed by atoms with Crippen molar-refractivity contribution in [3.63, 3.8) is 0 Å². The molecule has 0 aromatic heterocycles. The van der Waals surface area contributed by atoms with Gasteiger partial charge < -0.3 is 15.0 Å². The fourth-order valence-electron chi connectivity index (χ4n) is 1.63. The molecule has 0 bridgehead atoms. The second kappa shape index (κ2) is 9.28. The number of nitrogens with zero attached hydrogens (tertiary/aromatic N) is 1. The summed E-state index contributed by atoms with van der Waals surface area (Å²) in [5.74, 6) is 0. The van der Waals surface area contributed by atoms with E-state index in [0.717, 1.165) is 42.3 Å². The van der Waals surface area contributed by atoms with Gasteiger partial charge in [-0.05, 0) is 43.3 Å². The van der Waals surface area contributed by atoms with E-state index in [1.165, 1.54) is 5.56 Å². The van der Waals surface area contributed by atoms with Crippen molar-refractivity contribution in [3.8, 4) is 0 Å². The van der Waals surface area contributed by atoms with E-state index in [2.05, 4.69) is 33.4 Å². The summed E-state index contributed by atoms with van der Waals surface area (Å²) in [6, 6.07) is 8.26. The van der Waals surface area contributed by atoms with Gasteiger partial charge in [-0.25, -0.2) is 0 Å². The van der Waals surface area contributed by atoms with Crippen molar-refractivity contribution < 1.29 is 4.74 Å². The summed E-state index contributed by atoms with van der Waals surface area (Å²) in [6.45, 7) is 5.21. The monoisotopic (exact) mass is 344 g/mol. The van der Waals surface area contributed by atoms with Crippen LogP contribution in [-0.2, 0) is 11.3 Å². The lowest BCUT2D eigenvalue weighted by atomic mass is 10.2. The molecule has 1 aromatic carbocycles. The molecule has 0 amide bonds. The Morgan fingerprint density at radius 2 is 2.26 bits per heavy atom. The molecule has 0 fully saturated rings. The molecule has 5 heteroatoms. The molecule has 1 rings (SSSR count). The van der Waals surface area contributed by atoms with E-state index in [1.54, 1.807) is 0 Å². The molecule has 0 heterocycles. The van der Waals surface area contributed by atoms with Crippen LogP contribution in [-0.4, -0.2) is 36.8 Å². The van der Waals surface area contributed by atoms with Crippen LogP contribution in [0.15, 0.2) is 28.7 Å². The molecule has 0 spiro atoms. The molecular formula is C14H21BrN2OS. The predicted octanol–water partition coefficient (Wildman–Crippen LogP) is 3.18. The van der Waals surface area contributed by atoms with Gasteiger partial charge in [-0.15, -0.1) is 0 Å². The molecule has 0 saturated carbocycles. The highest BCUT2D eigenvalue weighted by molar-refractivity contribution is 9.10. The zero-order valence-electron chi connectivity index (χ0n) is 11.5. The van der Waals surface area contributed by atoms with Crippen molar-refractivity contribution in [2.75, 3.05) is 26.8 Å². The van der Waals surface area contributed by atoms with Crippen molar-refractivity contribution in [1.29, 1.82) is 0 Å². The number of ether oxygens (including phenoxy) is 1. The van der Waals surface area contributed by atoms with Gasteiger partial charge >= 0.3 is 0 Å². The number of benzene rings is 1. The maximum Gasteiger partial charge on any atom is 0.168 e. The van der Waals surface area contributed by atoms with Gasteiger partial charge in [0.15, 0.2) is 5.11 Å². The van der Waals surface area contributed by atoms with Gasteiger partial charge in [-0.3, -0.25) is 0 Å². The van der Waals surface area contributed by atoms with Gasteiger partial charge in [0.2, 0.25) is 0 Å². The van der Waals surface area contributed by atoms with Crippen molar-refractivity contribution in [3.05, 3.63) is 34.3 Å². The fraction of sp³-hybridized carbons (Fsp3) is 0.500. The number of halogens is 1. The van der Waals surface area contributed by atoms with Gasteiger partial charge in [-0.1, -0.05) is 28.1 Å².